The average Bonchev–Trinajstić information content (AvgIpc) is 3.27. The fourth-order valence-electron chi connectivity index (χ4n) is 2.63. The highest BCUT2D eigenvalue weighted by Crippen LogP contribution is 2.26. The highest BCUT2D eigenvalue weighted by Gasteiger charge is 2.17. The van der Waals surface area contributed by atoms with Gasteiger partial charge in [0, 0.05) is 16.3 Å². The molecule has 2 amide bonds. The maximum absolute atomic E-state index is 12.1. The number of carbonyl (C=O) groups excluding carboxylic acids is 2. The predicted molar refractivity (Wildman–Crippen MR) is 115 cm³/mol. The highest BCUT2D eigenvalue weighted by atomic mass is 32.2. The molecule has 0 saturated carbocycles. The molecule has 3 aromatic rings. The van der Waals surface area contributed by atoms with Gasteiger partial charge in [0.1, 0.15) is 0 Å². The Labute approximate surface area is 171 Å². The number of para-hydroxylation sites is 1. The number of hydrogen-bond donors (Lipinski definition) is 3. The second-order valence-corrected chi connectivity index (χ2v) is 7.78. The number of anilines is 1. The van der Waals surface area contributed by atoms with Crippen molar-refractivity contribution in [3.05, 3.63) is 71.6 Å². The van der Waals surface area contributed by atoms with Crippen molar-refractivity contribution in [1.29, 1.82) is 0 Å². The molecule has 0 spiro atoms. The number of thioether (sulfide) groups is 1. The molecule has 0 radical (unpaired) electrons. The van der Waals surface area contributed by atoms with Gasteiger partial charge in [0.15, 0.2) is 0 Å². The number of amides is 2. The first-order chi connectivity index (χ1) is 13.6. The van der Waals surface area contributed by atoms with Crippen LogP contribution in [0.1, 0.15) is 11.7 Å². The van der Waals surface area contributed by atoms with Gasteiger partial charge in [-0.05, 0) is 41.0 Å². The van der Waals surface area contributed by atoms with Gasteiger partial charge in [-0.2, -0.15) is 0 Å². The summed E-state index contributed by atoms with van der Waals surface area (Å²) in [6.07, 6.45) is 0.998. The van der Waals surface area contributed by atoms with Crippen molar-refractivity contribution >= 4 is 40.6 Å². The topological polar surface area (TPSA) is 78.4 Å². The molecule has 5 nitrogen and oxygen atoms in total. The lowest BCUT2D eigenvalue weighted by Crippen LogP contribution is -2.37. The molecule has 1 unspecified atom stereocenters. The van der Waals surface area contributed by atoms with Crippen molar-refractivity contribution < 1.29 is 14.7 Å². The Kier molecular flexibility index (Phi) is 6.86. The first-order valence-electron chi connectivity index (χ1n) is 8.62. The van der Waals surface area contributed by atoms with Gasteiger partial charge in [-0.3, -0.25) is 9.59 Å². The van der Waals surface area contributed by atoms with E-state index in [-0.39, 0.29) is 6.54 Å². The zero-order valence-electron chi connectivity index (χ0n) is 15.2. The molecule has 1 aromatic heterocycles. The maximum atomic E-state index is 12.1. The summed E-state index contributed by atoms with van der Waals surface area (Å²) in [7, 11) is 0. The van der Waals surface area contributed by atoms with E-state index >= 15 is 0 Å². The number of hydrogen-bond acceptors (Lipinski definition) is 5. The zero-order chi connectivity index (χ0) is 19.9. The van der Waals surface area contributed by atoms with Crippen LogP contribution >= 0.6 is 23.1 Å². The average molecular weight is 413 g/mol. The van der Waals surface area contributed by atoms with E-state index in [2.05, 4.69) is 10.6 Å². The third-order valence-electron chi connectivity index (χ3n) is 4.12. The lowest BCUT2D eigenvalue weighted by molar-refractivity contribution is -0.136. The van der Waals surface area contributed by atoms with Crippen LogP contribution in [-0.4, -0.2) is 29.7 Å². The van der Waals surface area contributed by atoms with Crippen molar-refractivity contribution in [2.45, 2.75) is 11.0 Å². The molecule has 0 bridgehead atoms. The predicted octanol–water partition coefficient (Wildman–Crippen LogP) is 3.93. The minimum Gasteiger partial charge on any atom is -0.387 e. The summed E-state index contributed by atoms with van der Waals surface area (Å²) in [6.45, 7) is -0.0468. The van der Waals surface area contributed by atoms with Gasteiger partial charge in [0.25, 0.3) is 0 Å². The van der Waals surface area contributed by atoms with Gasteiger partial charge < -0.3 is 15.7 Å². The van der Waals surface area contributed by atoms with E-state index in [1.54, 1.807) is 23.5 Å². The minimum absolute atomic E-state index is 0.0468. The summed E-state index contributed by atoms with van der Waals surface area (Å²) >= 11 is 3.12. The van der Waals surface area contributed by atoms with E-state index in [0.717, 1.165) is 15.3 Å². The first-order valence-corrected chi connectivity index (χ1v) is 10.7. The van der Waals surface area contributed by atoms with Gasteiger partial charge in [-0.1, -0.05) is 42.5 Å². The van der Waals surface area contributed by atoms with E-state index in [0.29, 0.717) is 11.3 Å². The monoisotopic (exact) mass is 412 g/mol. The summed E-state index contributed by atoms with van der Waals surface area (Å²) in [5.74, 6) is -1.55. The van der Waals surface area contributed by atoms with Gasteiger partial charge >= 0.3 is 11.8 Å². The van der Waals surface area contributed by atoms with E-state index in [4.69, 9.17) is 0 Å². The highest BCUT2D eigenvalue weighted by molar-refractivity contribution is 7.98. The van der Waals surface area contributed by atoms with Crippen LogP contribution in [0, 0.1) is 0 Å². The Morgan fingerprint density at radius 2 is 1.79 bits per heavy atom. The van der Waals surface area contributed by atoms with Crippen LogP contribution in [0.3, 0.4) is 0 Å². The van der Waals surface area contributed by atoms with Crippen LogP contribution in [0.2, 0.25) is 0 Å². The van der Waals surface area contributed by atoms with Crippen molar-refractivity contribution in [1.82, 2.24) is 5.32 Å². The number of aliphatic hydroxyl groups excluding tert-OH is 1. The first kappa shape index (κ1) is 20.1. The van der Waals surface area contributed by atoms with E-state index in [1.807, 2.05) is 60.2 Å². The lowest BCUT2D eigenvalue weighted by atomic mass is 10.1. The van der Waals surface area contributed by atoms with Crippen LogP contribution in [0.4, 0.5) is 5.69 Å². The Morgan fingerprint density at radius 3 is 2.46 bits per heavy atom. The molecular formula is C21H20N2O3S2. The van der Waals surface area contributed by atoms with Gasteiger partial charge in [-0.15, -0.1) is 23.1 Å². The fraction of sp³-hybridized carbons (Fsp3) is 0.143. The molecule has 0 fully saturated rings. The zero-order valence-corrected chi connectivity index (χ0v) is 16.8. The number of thiophene rings is 1. The Bertz CT molecular complexity index is 941. The van der Waals surface area contributed by atoms with Crippen molar-refractivity contribution in [2.24, 2.45) is 0 Å². The number of aliphatic hydroxyl groups is 1. The fourth-order valence-corrected chi connectivity index (χ4v) is 3.91. The number of nitrogens with one attached hydrogen (secondary N) is 2. The van der Waals surface area contributed by atoms with Crippen LogP contribution in [-0.2, 0) is 9.59 Å². The maximum Gasteiger partial charge on any atom is 0.313 e. The molecule has 1 heterocycles. The lowest BCUT2D eigenvalue weighted by Gasteiger charge is -2.13. The summed E-state index contributed by atoms with van der Waals surface area (Å²) in [5, 5.41) is 17.4. The normalized spacial score (nSPS) is 11.6. The SMILES string of the molecule is CSc1ccccc1NC(=O)C(=O)NCC(O)c1ccc(-c2cccs2)cc1. The number of rotatable bonds is 6. The molecule has 7 heteroatoms. The Morgan fingerprint density at radius 1 is 1.04 bits per heavy atom. The van der Waals surface area contributed by atoms with Gasteiger partial charge in [-0.25, -0.2) is 0 Å². The van der Waals surface area contributed by atoms with E-state index < -0.39 is 17.9 Å². The molecule has 0 aliphatic carbocycles. The molecule has 1 atom stereocenters. The quantitative estimate of drug-likeness (QED) is 0.423. The van der Waals surface area contributed by atoms with E-state index in [1.165, 1.54) is 11.8 Å². The summed E-state index contributed by atoms with van der Waals surface area (Å²) in [6, 6.07) is 18.8. The third-order valence-corrected chi connectivity index (χ3v) is 5.83. The summed E-state index contributed by atoms with van der Waals surface area (Å²) in [4.78, 5) is 26.2. The van der Waals surface area contributed by atoms with Crippen molar-refractivity contribution in [2.75, 3.05) is 18.1 Å². The van der Waals surface area contributed by atoms with Crippen molar-refractivity contribution in [3.8, 4) is 10.4 Å². The standard InChI is InChI=1S/C21H20N2O3S2/c1-27-19-6-3-2-5-16(19)23-21(26)20(25)22-13-17(24)14-8-10-15(11-9-14)18-7-4-12-28-18/h2-12,17,24H,13H2,1H3,(H,22,25)(H,23,26). The minimum atomic E-state index is -0.896. The Balaban J connectivity index is 1.54. The van der Waals surface area contributed by atoms with Gasteiger partial charge in [0.05, 0.1) is 11.8 Å². The van der Waals surface area contributed by atoms with Crippen molar-refractivity contribution in [3.63, 3.8) is 0 Å². The summed E-state index contributed by atoms with van der Waals surface area (Å²) < 4.78 is 0. The number of carbonyl (C=O) groups is 2. The molecule has 0 aliphatic heterocycles. The molecule has 0 aliphatic rings. The Hall–Kier alpha value is -2.61. The smallest absolute Gasteiger partial charge is 0.313 e. The van der Waals surface area contributed by atoms with Crippen LogP contribution in [0.15, 0.2) is 70.9 Å². The van der Waals surface area contributed by atoms with Crippen LogP contribution in [0.25, 0.3) is 10.4 Å². The largest absolute Gasteiger partial charge is 0.387 e. The summed E-state index contributed by atoms with van der Waals surface area (Å²) in [5.41, 5.74) is 2.33. The molecule has 144 valence electrons. The molecular weight excluding hydrogens is 392 g/mol. The third kappa shape index (κ3) is 5.01. The second-order valence-electron chi connectivity index (χ2n) is 5.98. The van der Waals surface area contributed by atoms with Crippen LogP contribution in [0.5, 0.6) is 0 Å². The second kappa shape index (κ2) is 9.54. The molecule has 3 N–H and O–H groups in total. The van der Waals surface area contributed by atoms with Crippen LogP contribution < -0.4 is 10.6 Å². The molecule has 0 saturated heterocycles. The molecule has 28 heavy (non-hydrogen) atoms. The molecule has 2 aromatic carbocycles. The van der Waals surface area contributed by atoms with Gasteiger partial charge in [0.2, 0.25) is 0 Å². The molecule has 3 rings (SSSR count). The number of benzene rings is 2. The van der Waals surface area contributed by atoms with E-state index in [9.17, 15) is 14.7 Å².